The zero-order chi connectivity index (χ0) is 20.5. The molecule has 0 heterocycles. The van der Waals surface area contributed by atoms with Gasteiger partial charge in [0.25, 0.3) is 5.91 Å². The molecule has 0 aliphatic rings. The summed E-state index contributed by atoms with van der Waals surface area (Å²) >= 11 is 0. The highest BCUT2D eigenvalue weighted by atomic mass is 16.5. The van der Waals surface area contributed by atoms with Crippen molar-refractivity contribution in [2.45, 2.75) is 71.6 Å². The molecule has 0 atom stereocenters. The van der Waals surface area contributed by atoms with Crippen LogP contribution in [0.3, 0.4) is 0 Å². The third-order valence-electron chi connectivity index (χ3n) is 5.52. The van der Waals surface area contributed by atoms with Crippen molar-refractivity contribution in [2.75, 3.05) is 19.7 Å². The fraction of sp³-hybridized carbons (Fsp3) is 0.636. The average Bonchev–Trinajstić information content (AvgIpc) is 2.65. The van der Waals surface area contributed by atoms with Crippen LogP contribution in [-0.4, -0.2) is 32.0 Å². The first-order chi connectivity index (χ1) is 12.7. The molecule has 1 aromatic carbocycles. The predicted octanol–water partition coefficient (Wildman–Crippen LogP) is 3.69. The highest BCUT2D eigenvalue weighted by molar-refractivity contribution is 5.77. The lowest BCUT2D eigenvalue weighted by Gasteiger charge is -2.30. The highest BCUT2D eigenvalue weighted by Gasteiger charge is 2.26. The Morgan fingerprint density at radius 2 is 1.74 bits per heavy atom. The first-order valence-electron chi connectivity index (χ1n) is 9.89. The summed E-state index contributed by atoms with van der Waals surface area (Å²) in [6.45, 7) is 14.3. The summed E-state index contributed by atoms with van der Waals surface area (Å²) in [5, 5.41) is 5.38. The summed E-state index contributed by atoms with van der Waals surface area (Å²) in [6, 6.07) is 6.35. The second-order valence-corrected chi connectivity index (χ2v) is 8.25. The maximum Gasteiger partial charge on any atom is 0.257 e. The molecule has 2 amide bonds. The highest BCUT2D eigenvalue weighted by Crippen LogP contribution is 2.38. The number of rotatable bonds is 12. The van der Waals surface area contributed by atoms with E-state index in [0.29, 0.717) is 25.9 Å². The molecule has 0 saturated carbocycles. The zero-order valence-corrected chi connectivity index (χ0v) is 17.8. The number of carbonyl (C=O) groups is 2. The maximum absolute atomic E-state index is 12.0. The van der Waals surface area contributed by atoms with E-state index in [1.54, 1.807) is 0 Å². The summed E-state index contributed by atoms with van der Waals surface area (Å²) in [7, 11) is 0. The molecule has 5 heteroatoms. The fourth-order valence-electron chi connectivity index (χ4n) is 2.67. The van der Waals surface area contributed by atoms with Crippen molar-refractivity contribution in [3.8, 4) is 5.75 Å². The number of benzene rings is 1. The summed E-state index contributed by atoms with van der Waals surface area (Å²) in [5.74, 6) is 0.620. The lowest BCUT2D eigenvalue weighted by Crippen LogP contribution is -2.31. The number of hydrogen-bond donors (Lipinski definition) is 2. The van der Waals surface area contributed by atoms with Crippen LogP contribution in [0.4, 0.5) is 0 Å². The van der Waals surface area contributed by atoms with E-state index in [2.05, 4.69) is 64.3 Å². The van der Waals surface area contributed by atoms with Gasteiger partial charge < -0.3 is 15.4 Å². The lowest BCUT2D eigenvalue weighted by molar-refractivity contribution is -0.123. The molecule has 0 unspecified atom stereocenters. The summed E-state index contributed by atoms with van der Waals surface area (Å²) < 4.78 is 5.88. The van der Waals surface area contributed by atoms with Crippen LogP contribution in [0.5, 0.6) is 5.75 Å². The minimum Gasteiger partial charge on any atom is -0.483 e. The van der Waals surface area contributed by atoms with Crippen molar-refractivity contribution in [1.29, 1.82) is 0 Å². The Kier molecular flexibility index (Phi) is 8.80. The minimum absolute atomic E-state index is 0.00950. The third-order valence-corrected chi connectivity index (χ3v) is 5.52. The van der Waals surface area contributed by atoms with E-state index < -0.39 is 0 Å². The molecule has 27 heavy (non-hydrogen) atoms. The Morgan fingerprint density at radius 1 is 1.07 bits per heavy atom. The first kappa shape index (κ1) is 23.0. The molecule has 1 rings (SSSR count). The average molecular weight is 377 g/mol. The van der Waals surface area contributed by atoms with Crippen LogP contribution >= 0.6 is 0 Å². The summed E-state index contributed by atoms with van der Waals surface area (Å²) in [4.78, 5) is 22.2. The van der Waals surface area contributed by atoms with Crippen LogP contribution in [-0.2, 0) is 20.4 Å². The van der Waals surface area contributed by atoms with Crippen molar-refractivity contribution >= 4 is 12.3 Å². The van der Waals surface area contributed by atoms with Gasteiger partial charge in [-0.15, -0.1) is 0 Å². The molecule has 0 spiro atoms. The Hall–Kier alpha value is -2.04. The molecule has 0 aliphatic heterocycles. The molecule has 0 bridgehead atoms. The molecule has 152 valence electrons. The van der Waals surface area contributed by atoms with Gasteiger partial charge in [-0.25, -0.2) is 0 Å². The number of hydrogen-bond acceptors (Lipinski definition) is 3. The van der Waals surface area contributed by atoms with Crippen molar-refractivity contribution < 1.29 is 14.3 Å². The van der Waals surface area contributed by atoms with Crippen LogP contribution in [0.1, 0.15) is 71.9 Å². The van der Waals surface area contributed by atoms with Crippen molar-refractivity contribution in [1.82, 2.24) is 10.6 Å². The summed E-state index contributed by atoms with van der Waals surface area (Å²) in [5.41, 5.74) is 2.50. The molecule has 0 aliphatic carbocycles. The van der Waals surface area contributed by atoms with E-state index in [4.69, 9.17) is 4.74 Å². The van der Waals surface area contributed by atoms with Gasteiger partial charge in [-0.05, 0) is 41.7 Å². The van der Waals surface area contributed by atoms with E-state index in [1.165, 1.54) is 5.56 Å². The first-order valence-corrected chi connectivity index (χ1v) is 9.89. The smallest absolute Gasteiger partial charge is 0.257 e. The van der Waals surface area contributed by atoms with Crippen molar-refractivity contribution in [3.05, 3.63) is 29.3 Å². The van der Waals surface area contributed by atoms with E-state index in [9.17, 15) is 9.59 Å². The molecule has 5 nitrogen and oxygen atoms in total. The Labute approximate surface area is 164 Å². The predicted molar refractivity (Wildman–Crippen MR) is 110 cm³/mol. The fourth-order valence-corrected chi connectivity index (χ4v) is 2.67. The van der Waals surface area contributed by atoms with Gasteiger partial charge in [-0.2, -0.15) is 0 Å². The maximum atomic E-state index is 12.0. The van der Waals surface area contributed by atoms with Gasteiger partial charge in [-0.3, -0.25) is 9.59 Å². The van der Waals surface area contributed by atoms with Crippen molar-refractivity contribution in [2.24, 2.45) is 0 Å². The van der Waals surface area contributed by atoms with Crippen LogP contribution in [0, 0.1) is 0 Å². The van der Waals surface area contributed by atoms with Gasteiger partial charge in [0.2, 0.25) is 6.41 Å². The standard InChI is InChI=1S/C22H36N2O3/c1-7-21(3,4)17-10-11-19(18(14-17)22(5,6)8-2)27-15-20(26)24-13-9-12-23-16-25/h10-11,14,16H,7-9,12-13,15H2,1-6H3,(H,23,25)(H,24,26). The second kappa shape index (κ2) is 10.3. The van der Waals surface area contributed by atoms with Gasteiger partial charge in [0.1, 0.15) is 5.75 Å². The monoisotopic (exact) mass is 376 g/mol. The molecule has 0 saturated heterocycles. The van der Waals surface area contributed by atoms with Gasteiger partial charge in [0.15, 0.2) is 6.61 Å². The Balaban J connectivity index is 2.84. The second-order valence-electron chi connectivity index (χ2n) is 8.25. The topological polar surface area (TPSA) is 67.4 Å². The van der Waals surface area contributed by atoms with E-state index >= 15 is 0 Å². The van der Waals surface area contributed by atoms with Gasteiger partial charge in [0, 0.05) is 18.7 Å². The third kappa shape index (κ3) is 6.89. The van der Waals surface area contributed by atoms with Crippen LogP contribution in [0.15, 0.2) is 18.2 Å². The van der Waals surface area contributed by atoms with Crippen LogP contribution < -0.4 is 15.4 Å². The van der Waals surface area contributed by atoms with E-state index in [0.717, 1.165) is 24.2 Å². The SMILES string of the molecule is CCC(C)(C)c1ccc(OCC(=O)NCCCNC=O)c(C(C)(C)CC)c1. The van der Waals surface area contributed by atoms with Crippen LogP contribution in [0.2, 0.25) is 0 Å². The van der Waals surface area contributed by atoms with Crippen molar-refractivity contribution in [3.63, 3.8) is 0 Å². The molecular weight excluding hydrogens is 340 g/mol. The number of nitrogens with one attached hydrogen (secondary N) is 2. The van der Waals surface area contributed by atoms with Gasteiger partial charge in [0.05, 0.1) is 0 Å². The molecule has 0 fully saturated rings. The minimum atomic E-state index is -0.153. The largest absolute Gasteiger partial charge is 0.483 e. The van der Waals surface area contributed by atoms with E-state index in [-0.39, 0.29) is 23.3 Å². The quantitative estimate of drug-likeness (QED) is 0.432. The number of amides is 2. The molecule has 2 N–H and O–H groups in total. The Morgan fingerprint density at radius 3 is 2.33 bits per heavy atom. The van der Waals surface area contributed by atoms with E-state index in [1.807, 2.05) is 6.07 Å². The van der Waals surface area contributed by atoms with Crippen LogP contribution in [0.25, 0.3) is 0 Å². The van der Waals surface area contributed by atoms with Gasteiger partial charge in [-0.1, -0.05) is 53.7 Å². The normalized spacial score (nSPS) is 11.8. The zero-order valence-electron chi connectivity index (χ0n) is 17.8. The van der Waals surface area contributed by atoms with Gasteiger partial charge >= 0.3 is 0 Å². The molecule has 1 aromatic rings. The number of ether oxygens (including phenoxy) is 1. The number of carbonyl (C=O) groups excluding carboxylic acids is 2. The molecular formula is C22H36N2O3. The lowest BCUT2D eigenvalue weighted by atomic mass is 9.76. The Bertz CT molecular complexity index is 624. The molecule has 0 radical (unpaired) electrons. The molecule has 0 aromatic heterocycles. The summed E-state index contributed by atoms with van der Waals surface area (Å²) in [6.07, 6.45) is 3.39.